The summed E-state index contributed by atoms with van der Waals surface area (Å²) in [6, 6.07) is 9.77. The van der Waals surface area contributed by atoms with E-state index < -0.39 is 0 Å². The molecule has 3 heterocycles. The van der Waals surface area contributed by atoms with E-state index in [0.29, 0.717) is 23.5 Å². The quantitative estimate of drug-likeness (QED) is 0.493. The fourth-order valence-corrected chi connectivity index (χ4v) is 3.68. The number of hydrogen-bond donors (Lipinski definition) is 0. The molecule has 0 aliphatic rings. The highest BCUT2D eigenvalue weighted by Crippen LogP contribution is 2.20. The number of benzene rings is 1. The molecule has 0 radical (unpaired) electrons. The second kappa shape index (κ2) is 7.09. The fraction of sp³-hybridized carbons (Fsp3) is 0.227. The van der Waals surface area contributed by atoms with Crippen molar-refractivity contribution in [2.24, 2.45) is 7.05 Å². The predicted molar refractivity (Wildman–Crippen MR) is 115 cm³/mol. The van der Waals surface area contributed by atoms with Crippen LogP contribution in [0.2, 0.25) is 0 Å². The molecule has 4 rings (SSSR count). The second-order valence-corrected chi connectivity index (χ2v) is 7.06. The van der Waals surface area contributed by atoms with Crippen molar-refractivity contribution in [3.8, 4) is 0 Å². The number of hydrogen-bond acceptors (Lipinski definition) is 3. The monoisotopic (exact) mass is 389 g/mol. The van der Waals surface area contributed by atoms with Gasteiger partial charge >= 0.3 is 5.69 Å². The van der Waals surface area contributed by atoms with Crippen LogP contribution < -0.4 is 11.2 Å². The first kappa shape index (κ1) is 18.7. The molecule has 0 N–H and O–H groups in total. The molecule has 7 heteroatoms. The van der Waals surface area contributed by atoms with E-state index in [1.54, 1.807) is 13.1 Å². The van der Waals surface area contributed by atoms with Crippen molar-refractivity contribution >= 4 is 23.0 Å². The van der Waals surface area contributed by atoms with Crippen molar-refractivity contribution in [1.82, 2.24) is 23.1 Å². The van der Waals surface area contributed by atoms with Gasteiger partial charge in [-0.3, -0.25) is 18.3 Å². The van der Waals surface area contributed by atoms with E-state index in [9.17, 15) is 9.59 Å². The van der Waals surface area contributed by atoms with Crippen molar-refractivity contribution in [2.45, 2.75) is 26.9 Å². The Morgan fingerprint density at radius 1 is 1.03 bits per heavy atom. The van der Waals surface area contributed by atoms with Crippen LogP contribution in [0.4, 0.5) is 0 Å². The maximum Gasteiger partial charge on any atom is 0.332 e. The van der Waals surface area contributed by atoms with Crippen molar-refractivity contribution in [3.05, 3.63) is 86.9 Å². The summed E-state index contributed by atoms with van der Waals surface area (Å²) in [5, 5.41) is 0. The van der Waals surface area contributed by atoms with Gasteiger partial charge < -0.3 is 4.57 Å². The van der Waals surface area contributed by atoms with Crippen LogP contribution in [0.1, 0.15) is 17.0 Å². The summed E-state index contributed by atoms with van der Waals surface area (Å²) in [4.78, 5) is 30.7. The van der Waals surface area contributed by atoms with Crippen LogP contribution in [-0.2, 0) is 20.1 Å². The van der Waals surface area contributed by atoms with E-state index >= 15 is 0 Å². The molecule has 0 fully saturated rings. The molecule has 0 saturated heterocycles. The highest BCUT2D eigenvalue weighted by atomic mass is 16.2. The lowest BCUT2D eigenvalue weighted by Gasteiger charge is -2.06. The fourth-order valence-electron chi connectivity index (χ4n) is 3.68. The zero-order valence-corrected chi connectivity index (χ0v) is 16.8. The maximum atomic E-state index is 13.3. The molecule has 0 saturated carbocycles. The number of aryl methyl sites for hydroxylation is 2. The number of aromatic nitrogens is 5. The number of imidazole rings is 2. The van der Waals surface area contributed by atoms with E-state index in [1.807, 2.05) is 65.3 Å². The molecule has 0 unspecified atom stereocenters. The van der Waals surface area contributed by atoms with E-state index in [0.717, 1.165) is 17.0 Å². The summed E-state index contributed by atoms with van der Waals surface area (Å²) in [6.07, 6.45) is 5.51. The summed E-state index contributed by atoms with van der Waals surface area (Å²) in [7, 11) is 1.65. The minimum absolute atomic E-state index is 0.189. The predicted octanol–water partition coefficient (Wildman–Crippen LogP) is 2.67. The molecule has 3 aromatic heterocycles. The SMILES string of the molecule is C=CCn1c(C)c(C)n2c3c(=O)n(C/C=C/c4ccccc4)c(=O)n(C)c3nc12. The first-order valence-electron chi connectivity index (χ1n) is 9.46. The Hall–Kier alpha value is -3.61. The molecule has 1 aromatic carbocycles. The van der Waals surface area contributed by atoms with Crippen LogP contribution in [0.5, 0.6) is 0 Å². The molecule has 29 heavy (non-hydrogen) atoms. The van der Waals surface area contributed by atoms with Gasteiger partial charge in [-0.2, -0.15) is 4.98 Å². The van der Waals surface area contributed by atoms with Gasteiger partial charge in [0.2, 0.25) is 5.78 Å². The zero-order valence-electron chi connectivity index (χ0n) is 16.8. The molecule has 0 atom stereocenters. The van der Waals surface area contributed by atoms with Gasteiger partial charge in [0.1, 0.15) is 0 Å². The Bertz CT molecular complexity index is 1380. The lowest BCUT2D eigenvalue weighted by molar-refractivity contribution is 0.667. The van der Waals surface area contributed by atoms with Crippen LogP contribution >= 0.6 is 0 Å². The van der Waals surface area contributed by atoms with E-state index in [1.165, 1.54) is 9.13 Å². The molecule has 0 bridgehead atoms. The van der Waals surface area contributed by atoms with Gasteiger partial charge in [0.15, 0.2) is 11.2 Å². The summed E-state index contributed by atoms with van der Waals surface area (Å²) < 4.78 is 6.52. The smallest absolute Gasteiger partial charge is 0.310 e. The normalized spacial score (nSPS) is 11.8. The van der Waals surface area contributed by atoms with E-state index in [2.05, 4.69) is 11.6 Å². The van der Waals surface area contributed by atoms with Crippen LogP contribution in [0, 0.1) is 13.8 Å². The molecule has 148 valence electrons. The minimum atomic E-state index is -0.384. The Morgan fingerprint density at radius 3 is 2.45 bits per heavy atom. The van der Waals surface area contributed by atoms with Gasteiger partial charge in [0, 0.05) is 31.5 Å². The Kier molecular flexibility index (Phi) is 4.58. The average molecular weight is 389 g/mol. The third-order valence-corrected chi connectivity index (χ3v) is 5.34. The topological polar surface area (TPSA) is 66.2 Å². The van der Waals surface area contributed by atoms with Crippen LogP contribution in [0.15, 0.2) is 58.7 Å². The number of rotatable bonds is 5. The van der Waals surface area contributed by atoms with Gasteiger partial charge in [0.25, 0.3) is 5.56 Å². The summed E-state index contributed by atoms with van der Waals surface area (Å²) in [6.45, 7) is 8.51. The highest BCUT2D eigenvalue weighted by molar-refractivity contribution is 5.76. The van der Waals surface area contributed by atoms with Crippen LogP contribution in [0.25, 0.3) is 23.0 Å². The maximum absolute atomic E-state index is 13.3. The van der Waals surface area contributed by atoms with Gasteiger partial charge in [-0.05, 0) is 19.4 Å². The van der Waals surface area contributed by atoms with Crippen molar-refractivity contribution in [2.75, 3.05) is 0 Å². The largest absolute Gasteiger partial charge is 0.332 e. The molecular formula is C22H23N5O2. The van der Waals surface area contributed by atoms with Crippen molar-refractivity contribution in [1.29, 1.82) is 0 Å². The second-order valence-electron chi connectivity index (χ2n) is 7.06. The Morgan fingerprint density at radius 2 is 1.76 bits per heavy atom. The molecule has 0 spiro atoms. The summed E-state index contributed by atoms with van der Waals surface area (Å²) >= 11 is 0. The summed E-state index contributed by atoms with van der Waals surface area (Å²) in [5.41, 5.74) is 3.03. The minimum Gasteiger partial charge on any atom is -0.310 e. The molecule has 0 aliphatic carbocycles. The first-order valence-corrected chi connectivity index (χ1v) is 9.46. The highest BCUT2D eigenvalue weighted by Gasteiger charge is 2.21. The van der Waals surface area contributed by atoms with Crippen molar-refractivity contribution in [3.63, 3.8) is 0 Å². The van der Waals surface area contributed by atoms with Gasteiger partial charge in [-0.25, -0.2) is 4.79 Å². The van der Waals surface area contributed by atoms with E-state index in [4.69, 9.17) is 0 Å². The van der Waals surface area contributed by atoms with Crippen molar-refractivity contribution < 1.29 is 0 Å². The van der Waals surface area contributed by atoms with Crippen LogP contribution in [0.3, 0.4) is 0 Å². The number of nitrogens with zero attached hydrogens (tertiary/aromatic N) is 5. The standard InChI is InChI=1S/C22H23N5O2/c1-5-13-25-15(2)16(3)27-18-19(23-21(25)27)24(4)22(29)26(20(18)28)14-9-12-17-10-7-6-8-11-17/h5-12H,1,13-14H2,2-4H3/b12-9+. The molecular weight excluding hydrogens is 366 g/mol. The Balaban J connectivity index is 1.93. The van der Waals surface area contributed by atoms with E-state index in [-0.39, 0.29) is 17.8 Å². The molecule has 0 aliphatic heterocycles. The third kappa shape index (κ3) is 2.86. The van der Waals surface area contributed by atoms with Gasteiger partial charge in [-0.1, -0.05) is 48.6 Å². The first-order chi connectivity index (χ1) is 14.0. The number of allylic oxidation sites excluding steroid dienone is 2. The molecule has 7 nitrogen and oxygen atoms in total. The lowest BCUT2D eigenvalue weighted by atomic mass is 10.2. The molecule has 0 amide bonds. The average Bonchev–Trinajstić information content (AvgIpc) is 3.22. The number of fused-ring (bicyclic) bond motifs is 3. The van der Waals surface area contributed by atoms with Crippen LogP contribution in [-0.4, -0.2) is 23.1 Å². The zero-order chi connectivity index (χ0) is 20.7. The lowest BCUT2D eigenvalue weighted by Crippen LogP contribution is -2.39. The molecule has 4 aromatic rings. The third-order valence-electron chi connectivity index (χ3n) is 5.34. The Labute approximate surface area is 167 Å². The van der Waals surface area contributed by atoms with Gasteiger partial charge in [-0.15, -0.1) is 6.58 Å². The summed E-state index contributed by atoms with van der Waals surface area (Å²) in [5.74, 6) is 0.638. The van der Waals surface area contributed by atoms with Gasteiger partial charge in [0.05, 0.1) is 0 Å².